The molecule has 2 unspecified atom stereocenters. The Morgan fingerprint density at radius 1 is 1.28 bits per heavy atom. The van der Waals surface area contributed by atoms with E-state index in [0.29, 0.717) is 5.56 Å². The summed E-state index contributed by atoms with van der Waals surface area (Å²) in [5.74, 6) is -1.16. The van der Waals surface area contributed by atoms with Gasteiger partial charge < -0.3 is 14.6 Å². The van der Waals surface area contributed by atoms with Gasteiger partial charge in [0.25, 0.3) is 0 Å². The highest BCUT2D eigenvalue weighted by Crippen LogP contribution is 2.32. The molecule has 4 nitrogen and oxygen atoms in total. The van der Waals surface area contributed by atoms with E-state index in [-0.39, 0.29) is 6.61 Å². The van der Waals surface area contributed by atoms with Gasteiger partial charge in [-0.25, -0.2) is 4.79 Å². The van der Waals surface area contributed by atoms with E-state index in [1.807, 2.05) is 0 Å². The molecule has 0 aromatic heterocycles. The van der Waals surface area contributed by atoms with Crippen LogP contribution in [-0.4, -0.2) is 23.8 Å². The highest BCUT2D eigenvalue weighted by atomic mass is 19.4. The van der Waals surface area contributed by atoms with Gasteiger partial charge in [-0.1, -0.05) is 12.1 Å². The fourth-order valence-electron chi connectivity index (χ4n) is 1.54. The molecular weight excluding hydrogens is 253 g/mol. The molecule has 1 aliphatic heterocycles. The van der Waals surface area contributed by atoms with Crippen molar-refractivity contribution in [1.29, 1.82) is 0 Å². The Labute approximate surface area is 99.9 Å². The van der Waals surface area contributed by atoms with Crippen molar-refractivity contribution < 1.29 is 32.5 Å². The summed E-state index contributed by atoms with van der Waals surface area (Å²) < 4.78 is 47.1. The van der Waals surface area contributed by atoms with E-state index < -0.39 is 30.1 Å². The van der Waals surface area contributed by atoms with Crippen LogP contribution in [0.4, 0.5) is 13.2 Å². The van der Waals surface area contributed by atoms with E-state index in [4.69, 9.17) is 14.6 Å². The van der Waals surface area contributed by atoms with Crippen molar-refractivity contribution in [2.75, 3.05) is 6.61 Å². The van der Waals surface area contributed by atoms with Crippen LogP contribution in [0.2, 0.25) is 0 Å². The summed E-state index contributed by atoms with van der Waals surface area (Å²) in [7, 11) is 0. The number of benzene rings is 1. The SMILES string of the molecule is O=C(O)C1COC(c2ccc(C(F)(F)F)cc2)O1. The van der Waals surface area contributed by atoms with Gasteiger partial charge in [0, 0.05) is 5.56 Å². The topological polar surface area (TPSA) is 55.8 Å². The summed E-state index contributed by atoms with van der Waals surface area (Å²) in [5, 5.41) is 8.67. The second-order valence-corrected chi connectivity index (χ2v) is 3.75. The molecule has 1 N–H and O–H groups in total. The van der Waals surface area contributed by atoms with Crippen LogP contribution in [0.5, 0.6) is 0 Å². The Morgan fingerprint density at radius 2 is 1.89 bits per heavy atom. The average Bonchev–Trinajstić information content (AvgIpc) is 2.77. The van der Waals surface area contributed by atoms with Crippen molar-refractivity contribution in [3.8, 4) is 0 Å². The number of rotatable bonds is 2. The Balaban J connectivity index is 2.10. The number of carbonyl (C=O) groups is 1. The van der Waals surface area contributed by atoms with Gasteiger partial charge in [-0.05, 0) is 12.1 Å². The molecule has 1 aromatic carbocycles. The Morgan fingerprint density at radius 3 is 2.33 bits per heavy atom. The molecule has 1 aromatic rings. The predicted octanol–water partition coefficient (Wildman–Crippen LogP) is 2.20. The number of carboxylic acids is 1. The molecule has 1 heterocycles. The standard InChI is InChI=1S/C11H9F3O4/c12-11(13,14)7-3-1-6(2-4-7)10-17-5-8(18-10)9(15)16/h1-4,8,10H,5H2,(H,15,16). The summed E-state index contributed by atoms with van der Waals surface area (Å²) >= 11 is 0. The molecular formula is C11H9F3O4. The van der Waals surface area contributed by atoms with Crippen molar-refractivity contribution in [2.45, 2.75) is 18.6 Å². The molecule has 0 aliphatic carbocycles. The molecule has 1 fully saturated rings. The first kappa shape index (κ1) is 12.8. The maximum Gasteiger partial charge on any atom is 0.416 e. The third-order valence-electron chi connectivity index (χ3n) is 2.47. The van der Waals surface area contributed by atoms with E-state index in [0.717, 1.165) is 12.1 Å². The lowest BCUT2D eigenvalue weighted by Crippen LogP contribution is -2.21. The average molecular weight is 262 g/mol. The van der Waals surface area contributed by atoms with E-state index in [1.54, 1.807) is 0 Å². The number of ether oxygens (including phenoxy) is 2. The molecule has 2 rings (SSSR count). The molecule has 18 heavy (non-hydrogen) atoms. The van der Waals surface area contributed by atoms with E-state index in [1.165, 1.54) is 12.1 Å². The van der Waals surface area contributed by atoms with Crippen LogP contribution in [0.25, 0.3) is 0 Å². The second-order valence-electron chi connectivity index (χ2n) is 3.75. The summed E-state index contributed by atoms with van der Waals surface area (Å²) in [4.78, 5) is 10.6. The van der Waals surface area contributed by atoms with Crippen molar-refractivity contribution in [1.82, 2.24) is 0 Å². The largest absolute Gasteiger partial charge is 0.479 e. The molecule has 1 saturated heterocycles. The van der Waals surface area contributed by atoms with Gasteiger partial charge in [-0.3, -0.25) is 0 Å². The van der Waals surface area contributed by atoms with Gasteiger partial charge in [-0.15, -0.1) is 0 Å². The number of hydrogen-bond acceptors (Lipinski definition) is 3. The van der Waals surface area contributed by atoms with Gasteiger partial charge in [-0.2, -0.15) is 13.2 Å². The van der Waals surface area contributed by atoms with Crippen molar-refractivity contribution in [3.63, 3.8) is 0 Å². The smallest absolute Gasteiger partial charge is 0.416 e. The molecule has 98 valence electrons. The lowest BCUT2D eigenvalue weighted by molar-refractivity contribution is -0.150. The van der Waals surface area contributed by atoms with E-state index in [2.05, 4.69) is 0 Å². The number of aliphatic carboxylic acids is 1. The minimum absolute atomic E-state index is 0.124. The minimum atomic E-state index is -4.40. The normalized spacial score (nSPS) is 24.2. The van der Waals surface area contributed by atoms with Crippen molar-refractivity contribution >= 4 is 5.97 Å². The van der Waals surface area contributed by atoms with Crippen LogP contribution in [-0.2, 0) is 20.4 Å². The number of hydrogen-bond donors (Lipinski definition) is 1. The van der Waals surface area contributed by atoms with Crippen LogP contribution >= 0.6 is 0 Å². The first-order chi connectivity index (χ1) is 8.38. The highest BCUT2D eigenvalue weighted by Gasteiger charge is 2.34. The third-order valence-corrected chi connectivity index (χ3v) is 2.47. The first-order valence-electron chi connectivity index (χ1n) is 5.05. The second kappa shape index (κ2) is 4.58. The molecule has 0 saturated carbocycles. The van der Waals surface area contributed by atoms with Gasteiger partial charge in [0.2, 0.25) is 0 Å². The molecule has 0 spiro atoms. The summed E-state index contributed by atoms with van der Waals surface area (Å²) in [5.41, 5.74) is -0.425. The Bertz CT molecular complexity index is 441. The van der Waals surface area contributed by atoms with Gasteiger partial charge in [0.05, 0.1) is 12.2 Å². The highest BCUT2D eigenvalue weighted by molar-refractivity contribution is 5.72. The van der Waals surface area contributed by atoms with Crippen LogP contribution in [0.1, 0.15) is 17.4 Å². The molecule has 0 bridgehead atoms. The van der Waals surface area contributed by atoms with Gasteiger partial charge in [0.15, 0.2) is 12.4 Å². The molecule has 1 aliphatic rings. The molecule has 2 atom stereocenters. The van der Waals surface area contributed by atoms with Crippen LogP contribution in [0, 0.1) is 0 Å². The van der Waals surface area contributed by atoms with Crippen molar-refractivity contribution in [3.05, 3.63) is 35.4 Å². The van der Waals surface area contributed by atoms with E-state index >= 15 is 0 Å². The fourth-order valence-corrected chi connectivity index (χ4v) is 1.54. The van der Waals surface area contributed by atoms with Crippen LogP contribution in [0.3, 0.4) is 0 Å². The van der Waals surface area contributed by atoms with E-state index in [9.17, 15) is 18.0 Å². The zero-order valence-electron chi connectivity index (χ0n) is 8.98. The summed E-state index contributed by atoms with van der Waals surface area (Å²) in [6, 6.07) is 4.21. The monoisotopic (exact) mass is 262 g/mol. The Kier molecular flexibility index (Phi) is 3.27. The molecule has 7 heteroatoms. The molecule has 0 radical (unpaired) electrons. The maximum absolute atomic E-state index is 12.3. The number of carboxylic acid groups (broad SMARTS) is 1. The van der Waals surface area contributed by atoms with Crippen molar-refractivity contribution in [2.24, 2.45) is 0 Å². The lowest BCUT2D eigenvalue weighted by Gasteiger charge is -2.11. The van der Waals surface area contributed by atoms with Gasteiger partial charge in [0.1, 0.15) is 0 Å². The van der Waals surface area contributed by atoms with Crippen LogP contribution < -0.4 is 0 Å². The zero-order valence-corrected chi connectivity index (χ0v) is 8.98. The summed E-state index contributed by atoms with van der Waals surface area (Å²) in [6.07, 6.45) is -6.43. The Hall–Kier alpha value is -1.60. The number of alkyl halides is 3. The molecule has 0 amide bonds. The lowest BCUT2D eigenvalue weighted by atomic mass is 10.1. The summed E-state index contributed by atoms with van der Waals surface area (Å²) in [6.45, 7) is -0.124. The third kappa shape index (κ3) is 2.62. The van der Waals surface area contributed by atoms with Gasteiger partial charge >= 0.3 is 12.1 Å². The fraction of sp³-hybridized carbons (Fsp3) is 0.364. The van der Waals surface area contributed by atoms with Crippen LogP contribution in [0.15, 0.2) is 24.3 Å². The number of halogens is 3. The first-order valence-corrected chi connectivity index (χ1v) is 5.05. The maximum atomic E-state index is 12.3. The predicted molar refractivity (Wildman–Crippen MR) is 52.6 cm³/mol. The zero-order chi connectivity index (χ0) is 13.3. The quantitative estimate of drug-likeness (QED) is 0.887. The minimum Gasteiger partial charge on any atom is -0.479 e.